The lowest BCUT2D eigenvalue weighted by Crippen LogP contribution is -2.17. The molecule has 32 nitrogen and oxygen atoms in total. The van der Waals surface area contributed by atoms with E-state index in [1.54, 1.807) is 249 Å². The first-order chi connectivity index (χ1) is 66.9. The lowest BCUT2D eigenvalue weighted by Gasteiger charge is -2.10. The number of pyridine rings is 8. The number of nitrogens with one attached hydrogen (secondary N) is 4. The number of amides is 4. The molecular weight excluding hydrogens is 2040 g/mol. The predicted octanol–water partition coefficient (Wildman–Crippen LogP) is 16.7. The monoisotopic (exact) mass is 2110 g/mol. The molecule has 0 fully saturated rings. The van der Waals surface area contributed by atoms with Crippen LogP contribution in [0.3, 0.4) is 0 Å². The summed E-state index contributed by atoms with van der Waals surface area (Å²) in [4.78, 5) is 135. The molecule has 140 heavy (non-hydrogen) atoms. The Morgan fingerprint density at radius 3 is 0.743 bits per heavy atom. The molecule has 4 amide bonds. The van der Waals surface area contributed by atoms with Crippen LogP contribution in [-0.4, -0.2) is 120 Å². The second-order valence-electron chi connectivity index (χ2n) is 30.3. The number of halogens is 4. The van der Waals surface area contributed by atoms with Gasteiger partial charge in [0, 0.05) is 165 Å². The molecule has 704 valence electrons. The molecule has 12 N–H and O–H groups in total. The van der Waals surface area contributed by atoms with Crippen molar-refractivity contribution in [2.24, 2.45) is 20.6 Å². The molecule has 0 spiro atoms. The molecule has 8 aromatic heterocycles. The maximum absolute atomic E-state index is 13.0. The van der Waals surface area contributed by atoms with Gasteiger partial charge in [0.15, 0.2) is 23.1 Å². The van der Waals surface area contributed by atoms with Gasteiger partial charge in [0.05, 0.1) is 40.8 Å². The molecule has 0 radical (unpaired) electrons. The van der Waals surface area contributed by atoms with Gasteiger partial charge in [-0.15, -0.1) is 0 Å². The summed E-state index contributed by atoms with van der Waals surface area (Å²) in [7, 11) is -15.6. The molecule has 0 saturated carbocycles. The summed E-state index contributed by atoms with van der Waals surface area (Å²) < 4.78 is 96.8. The quantitative estimate of drug-likeness (QED) is 0.0211. The number of ketones is 4. The van der Waals surface area contributed by atoms with Crippen molar-refractivity contribution < 1.29 is 72.0 Å². The van der Waals surface area contributed by atoms with E-state index < -0.39 is 63.7 Å². The Kier molecular flexibility index (Phi) is 33.7. The van der Waals surface area contributed by atoms with E-state index in [1.807, 2.05) is 0 Å². The number of carbonyl (C=O) groups excluding carboxylic acids is 8. The van der Waals surface area contributed by atoms with Crippen LogP contribution >= 0.6 is 55.1 Å². The van der Waals surface area contributed by atoms with Crippen LogP contribution in [0.5, 0.6) is 0 Å². The van der Waals surface area contributed by atoms with Gasteiger partial charge in [-0.1, -0.05) is 193 Å². The fourth-order valence-electron chi connectivity index (χ4n) is 13.9. The van der Waals surface area contributed by atoms with Crippen LogP contribution in [-0.2, 0) is 65.8 Å². The SMILES string of the molecule is NS(=O)(=O)c1ccccc1-c1ccc(C(=O)Cc2ccncc2C(=O)Nc2ccc(Br)cn2)cc1.NS(=O)(=O)c1ccccc1-c1ccc(C(=O)Cc2ccncc2C(=O)Nc2ccc(Cl)cn2)cc1.NS(=O)(=O)c1ccccc1-c1ccc(C(=O)Cc2cnccc2C(=O)Nc2ccc(Br)cn2)cc1.NS(=O)(=O)c1ccccc1-c1ccc(C(=O)Cc2cnccc2C(=O)Nc2ccc(Cl)cn2)cc1. The number of primary sulfonamides is 4. The molecule has 0 atom stereocenters. The molecular formula is C100H76Br2Cl2N16O16S4. The van der Waals surface area contributed by atoms with Gasteiger partial charge in [-0.05, 0) is 173 Å². The maximum atomic E-state index is 13.0. The smallest absolute Gasteiger partial charge is 0.258 e. The summed E-state index contributed by atoms with van der Waals surface area (Å²) in [5.74, 6) is -1.21. The van der Waals surface area contributed by atoms with Gasteiger partial charge in [0.2, 0.25) is 40.1 Å². The fourth-order valence-corrected chi connectivity index (χ4v) is 17.7. The number of benzene rings is 8. The zero-order valence-corrected chi connectivity index (χ0v) is 80.7. The highest BCUT2D eigenvalue weighted by molar-refractivity contribution is 9.10. The number of hydrogen-bond donors (Lipinski definition) is 8. The second kappa shape index (κ2) is 46.2. The zero-order chi connectivity index (χ0) is 100. The number of nitrogens with two attached hydrogens (primary N) is 4. The van der Waals surface area contributed by atoms with E-state index in [1.165, 1.54) is 92.3 Å². The number of Topliss-reactive ketones (excluding diaryl/α,β-unsaturated/α-hetero) is 4. The molecule has 0 aliphatic heterocycles. The van der Waals surface area contributed by atoms with Crippen molar-refractivity contribution in [2.45, 2.75) is 45.3 Å². The Hall–Kier alpha value is -15.3. The first kappa shape index (κ1) is 102. The highest BCUT2D eigenvalue weighted by Crippen LogP contribution is 2.34. The average Bonchev–Trinajstić information content (AvgIpc) is 0.785. The number of anilines is 4. The van der Waals surface area contributed by atoms with Crippen LogP contribution in [0.4, 0.5) is 23.3 Å². The van der Waals surface area contributed by atoms with E-state index >= 15 is 0 Å². The van der Waals surface area contributed by atoms with Gasteiger partial charge in [-0.2, -0.15) is 0 Å². The lowest BCUT2D eigenvalue weighted by molar-refractivity contribution is 0.0980. The summed E-state index contributed by atoms with van der Waals surface area (Å²) in [5.41, 5.74) is 8.89. The van der Waals surface area contributed by atoms with Gasteiger partial charge < -0.3 is 21.3 Å². The summed E-state index contributed by atoms with van der Waals surface area (Å²) in [5, 5.41) is 32.9. The summed E-state index contributed by atoms with van der Waals surface area (Å²) in [6.45, 7) is 0. The van der Waals surface area contributed by atoms with Crippen molar-refractivity contribution in [3.63, 3.8) is 0 Å². The van der Waals surface area contributed by atoms with Crippen molar-refractivity contribution in [1.29, 1.82) is 0 Å². The molecule has 40 heteroatoms. The van der Waals surface area contributed by atoms with Crippen LogP contribution < -0.4 is 41.8 Å². The minimum absolute atomic E-state index is 0.000248. The number of nitrogens with zero attached hydrogens (tertiary/aromatic N) is 8. The van der Waals surface area contributed by atoms with Crippen LogP contribution in [0, 0.1) is 0 Å². The van der Waals surface area contributed by atoms with E-state index in [9.17, 15) is 72.0 Å². The minimum atomic E-state index is -3.91. The lowest BCUT2D eigenvalue weighted by atomic mass is 9.97. The van der Waals surface area contributed by atoms with E-state index in [-0.39, 0.29) is 79.5 Å². The van der Waals surface area contributed by atoms with Crippen molar-refractivity contribution >= 4 is 165 Å². The molecule has 0 bridgehead atoms. The molecule has 16 aromatic rings. The summed E-state index contributed by atoms with van der Waals surface area (Å²) in [6.07, 6.45) is 17.5. The van der Waals surface area contributed by atoms with Crippen LogP contribution in [0.1, 0.15) is 105 Å². The largest absolute Gasteiger partial charge is 0.307 e. The summed E-state index contributed by atoms with van der Waals surface area (Å²) in [6, 6.07) is 71.1. The van der Waals surface area contributed by atoms with Crippen molar-refractivity contribution in [3.8, 4) is 44.5 Å². The number of hydrogen-bond acceptors (Lipinski definition) is 24. The Balaban J connectivity index is 0.000000157. The number of sulfonamides is 4. The van der Waals surface area contributed by atoms with Crippen LogP contribution in [0.25, 0.3) is 44.5 Å². The van der Waals surface area contributed by atoms with Crippen molar-refractivity contribution in [2.75, 3.05) is 21.3 Å². The maximum Gasteiger partial charge on any atom is 0.258 e. The highest BCUT2D eigenvalue weighted by Gasteiger charge is 2.26. The molecule has 0 saturated heterocycles. The standard InChI is InChI=1S/2C25H19BrN4O4S.2C25H19ClN4O4S/c26-19-9-10-24(29-15-19)30-25(32)21-11-12-28-14-18(21)13-22(31)17-7-5-16(6-8-17)20-3-1-2-4-23(20)35(27,33)34;26-19-9-10-24(29-14-19)30-25(32)21-15-28-12-11-18(21)13-22(31)17-7-5-16(6-8-17)20-3-1-2-4-23(20)35(27,33)34;26-19-9-10-24(29-15-19)30-25(32)21-11-12-28-14-18(21)13-22(31)17-7-5-16(6-8-17)20-3-1-2-4-23(20)35(27,33)34;26-19-9-10-24(29-14-19)30-25(32)21-15-28-12-11-18(21)13-22(31)17-7-5-16(6-8-17)20-3-1-2-4-23(20)35(27,33)34/h4*1-12,14-15H,13H2,(H2,27,33,34)(H,29,30,32). The van der Waals surface area contributed by atoms with Crippen LogP contribution in [0.15, 0.2) is 370 Å². The fraction of sp³-hybridized carbons (Fsp3) is 0.0400. The van der Waals surface area contributed by atoms with E-state index in [2.05, 4.69) is 93.0 Å². The topological polar surface area (TPSA) is 528 Å². The van der Waals surface area contributed by atoms with Gasteiger partial charge >= 0.3 is 0 Å². The Labute approximate surface area is 829 Å². The molecule has 0 aliphatic carbocycles. The van der Waals surface area contributed by atoms with Crippen LogP contribution in [0.2, 0.25) is 10.0 Å². The van der Waals surface area contributed by atoms with Crippen molar-refractivity contribution in [3.05, 3.63) is 427 Å². The Bertz CT molecular complexity index is 6950. The first-order valence-corrected chi connectivity index (χ1v) is 49.9. The molecule has 16 rings (SSSR count). The number of carbonyl (C=O) groups is 8. The molecule has 0 aliphatic rings. The number of rotatable bonds is 28. The van der Waals surface area contributed by atoms with E-state index in [4.69, 9.17) is 43.8 Å². The van der Waals surface area contributed by atoms with Gasteiger partial charge in [0.25, 0.3) is 23.6 Å². The normalized spacial score (nSPS) is 11.1. The summed E-state index contributed by atoms with van der Waals surface area (Å²) >= 11 is 18.2. The third-order valence-electron chi connectivity index (χ3n) is 20.7. The average molecular weight is 2120 g/mol. The van der Waals surface area contributed by atoms with E-state index in [0.29, 0.717) is 133 Å². The Morgan fingerprint density at radius 1 is 0.257 bits per heavy atom. The number of aromatic nitrogens is 8. The van der Waals surface area contributed by atoms with Gasteiger partial charge in [-0.3, -0.25) is 58.3 Å². The highest BCUT2D eigenvalue weighted by atomic mass is 79.9. The molecule has 8 heterocycles. The van der Waals surface area contributed by atoms with Crippen molar-refractivity contribution in [1.82, 2.24) is 39.9 Å². The Morgan fingerprint density at radius 2 is 0.493 bits per heavy atom. The first-order valence-electron chi connectivity index (χ1n) is 41.3. The minimum Gasteiger partial charge on any atom is -0.307 e. The van der Waals surface area contributed by atoms with Gasteiger partial charge in [0.1, 0.15) is 23.3 Å². The molecule has 0 unspecified atom stereocenters. The third-order valence-corrected chi connectivity index (χ3v) is 26.0. The second-order valence-corrected chi connectivity index (χ2v) is 39.1. The zero-order valence-electron chi connectivity index (χ0n) is 72.7. The van der Waals surface area contributed by atoms with E-state index in [0.717, 1.165) is 8.95 Å². The van der Waals surface area contributed by atoms with Gasteiger partial charge in [-0.25, -0.2) is 74.2 Å². The predicted molar refractivity (Wildman–Crippen MR) is 536 cm³/mol. The molecule has 8 aromatic carbocycles. The third kappa shape index (κ3) is 27.6.